The molecule has 0 aliphatic carbocycles. The Hall–Kier alpha value is -4.28. The number of phosphoric acid groups is 2. The lowest BCUT2D eigenvalue weighted by atomic mass is 10.1. The highest BCUT2D eigenvalue weighted by atomic mass is 31.2. The maximum Gasteiger partial charge on any atom is 0.472 e. The molecule has 564 valence electrons. The van der Waals surface area contributed by atoms with Gasteiger partial charge in [-0.2, -0.15) is 0 Å². The Kier molecular flexibility index (Phi) is 68.0. The summed E-state index contributed by atoms with van der Waals surface area (Å²) in [6.07, 6.45) is 75.1. The quantitative estimate of drug-likeness (QED) is 0.0169. The average Bonchev–Trinajstić information content (AvgIpc) is 0.986. The van der Waals surface area contributed by atoms with Gasteiger partial charge in [-0.3, -0.25) is 37.3 Å². The minimum Gasteiger partial charge on any atom is -0.462 e. The zero-order valence-electron chi connectivity index (χ0n) is 61.4. The summed E-state index contributed by atoms with van der Waals surface area (Å²) in [6, 6.07) is 0. The minimum atomic E-state index is -4.98. The normalized spacial score (nSPS) is 14.6. The van der Waals surface area contributed by atoms with Gasteiger partial charge in [-0.1, -0.05) is 272 Å². The van der Waals surface area contributed by atoms with Crippen LogP contribution in [0.4, 0.5) is 0 Å². The molecule has 0 bridgehead atoms. The van der Waals surface area contributed by atoms with Crippen molar-refractivity contribution in [3.05, 3.63) is 109 Å². The van der Waals surface area contributed by atoms with E-state index < -0.39 is 97.5 Å². The van der Waals surface area contributed by atoms with E-state index in [-0.39, 0.29) is 25.7 Å². The van der Waals surface area contributed by atoms with Crippen molar-refractivity contribution in [1.29, 1.82) is 0 Å². The molecule has 19 heteroatoms. The third-order valence-electron chi connectivity index (χ3n) is 15.7. The summed E-state index contributed by atoms with van der Waals surface area (Å²) < 4.78 is 68.4. The van der Waals surface area contributed by atoms with Gasteiger partial charge in [0.25, 0.3) is 0 Å². The molecule has 0 aliphatic heterocycles. The van der Waals surface area contributed by atoms with E-state index in [0.717, 1.165) is 193 Å². The monoisotopic (exact) mass is 1420 g/mol. The maximum atomic E-state index is 13.1. The third kappa shape index (κ3) is 70.2. The summed E-state index contributed by atoms with van der Waals surface area (Å²) in [4.78, 5) is 72.8. The van der Waals surface area contributed by atoms with E-state index in [9.17, 15) is 43.2 Å². The molecular weight excluding hydrogens is 1280 g/mol. The van der Waals surface area contributed by atoms with Crippen molar-refractivity contribution in [2.75, 3.05) is 39.6 Å². The average molecular weight is 1420 g/mol. The van der Waals surface area contributed by atoms with Crippen LogP contribution in [0.15, 0.2) is 109 Å². The highest BCUT2D eigenvalue weighted by Crippen LogP contribution is 2.45. The first-order chi connectivity index (χ1) is 47.7. The van der Waals surface area contributed by atoms with Crippen molar-refractivity contribution in [3.63, 3.8) is 0 Å². The molecule has 0 aromatic rings. The Balaban J connectivity index is 5.35. The second-order valence-corrected chi connectivity index (χ2v) is 28.1. The van der Waals surface area contributed by atoms with Crippen LogP contribution in [-0.4, -0.2) is 96.7 Å². The number of hydrogen-bond acceptors (Lipinski definition) is 15. The van der Waals surface area contributed by atoms with E-state index in [2.05, 4.69) is 137 Å². The van der Waals surface area contributed by atoms with Crippen LogP contribution in [-0.2, 0) is 65.4 Å². The van der Waals surface area contributed by atoms with Gasteiger partial charge >= 0.3 is 39.5 Å². The van der Waals surface area contributed by atoms with Gasteiger partial charge in [-0.05, 0) is 122 Å². The molecule has 98 heavy (non-hydrogen) atoms. The number of aliphatic hydroxyl groups is 1. The van der Waals surface area contributed by atoms with Crippen molar-refractivity contribution < 1.29 is 80.2 Å². The van der Waals surface area contributed by atoms with Gasteiger partial charge in [0.2, 0.25) is 0 Å². The van der Waals surface area contributed by atoms with Gasteiger partial charge < -0.3 is 33.8 Å². The lowest BCUT2D eigenvalue weighted by molar-refractivity contribution is -0.161. The first-order valence-corrected chi connectivity index (χ1v) is 41.1. The summed E-state index contributed by atoms with van der Waals surface area (Å²) in [6.45, 7) is 4.50. The molecule has 0 amide bonds. The van der Waals surface area contributed by atoms with E-state index in [1.165, 1.54) is 38.5 Å². The molecule has 17 nitrogen and oxygen atoms in total. The molecule has 5 atom stereocenters. The first-order valence-electron chi connectivity index (χ1n) is 38.1. The molecule has 0 saturated carbocycles. The fraction of sp³-hybridized carbons (Fsp3) is 0.722. The van der Waals surface area contributed by atoms with Crippen LogP contribution in [0.3, 0.4) is 0 Å². The SMILES string of the molecule is CC/C=C\C/C=C\C/C=C\CCCCCCCCCC(=O)OCC(COP(=O)(O)OCC(O)COP(=O)(O)OCC(COC(=O)CCCCCCC/C=C\C/C=C\C/C=C\CC)OC(=O)CCCCCCCCCCCCC)OC(=O)CCCCCCC/C=C\C/C=C\C/C=C\CC. The van der Waals surface area contributed by atoms with E-state index in [4.69, 9.17) is 37.0 Å². The van der Waals surface area contributed by atoms with E-state index >= 15 is 0 Å². The van der Waals surface area contributed by atoms with Crippen LogP contribution >= 0.6 is 15.6 Å². The highest BCUT2D eigenvalue weighted by molar-refractivity contribution is 7.47. The number of carbonyl (C=O) groups excluding carboxylic acids is 4. The number of unbranched alkanes of at least 4 members (excludes halogenated alkanes) is 27. The molecular formula is C79H136O17P2. The Labute approximate surface area is 594 Å². The van der Waals surface area contributed by atoms with Crippen LogP contribution in [0, 0.1) is 0 Å². The molecule has 0 spiro atoms. The Morgan fingerprint density at radius 2 is 0.531 bits per heavy atom. The van der Waals surface area contributed by atoms with Crippen molar-refractivity contribution in [1.82, 2.24) is 0 Å². The lowest BCUT2D eigenvalue weighted by Gasteiger charge is -2.21. The summed E-state index contributed by atoms with van der Waals surface area (Å²) in [5, 5.41) is 10.6. The van der Waals surface area contributed by atoms with Crippen LogP contribution in [0.1, 0.15) is 310 Å². The van der Waals surface area contributed by atoms with Crippen molar-refractivity contribution in [2.45, 2.75) is 329 Å². The van der Waals surface area contributed by atoms with E-state index in [1.54, 1.807) is 0 Å². The van der Waals surface area contributed by atoms with Gasteiger partial charge in [0.1, 0.15) is 19.3 Å². The standard InChI is InChI=1S/C79H136O17P2/c1-5-9-13-17-21-25-29-32-35-36-39-41-45-48-52-56-60-64-77(82)90-70-75(96-79(84)66-62-58-54-50-46-42-38-34-31-27-23-19-15-11-7-3)72-94-98(87,88)92-68-73(80)67-91-97(85,86)93-71-74(95-78(83)65-61-57-53-49-43-28-24-20-16-12-8-4)69-89-76(81)63-59-55-51-47-44-40-37-33-30-26-22-18-14-10-6-2/h9-11,13-15,21-23,25-27,32-35,37-38,73-75,80H,5-8,12,16-20,24,28-31,36,39-72H2,1-4H3,(H,85,86)(H,87,88)/b13-9-,14-10-,15-11-,25-21-,26-22-,27-23-,35-32-,37-33-,38-34-. The van der Waals surface area contributed by atoms with Gasteiger partial charge in [0.15, 0.2) is 12.2 Å². The number of phosphoric ester groups is 2. The van der Waals surface area contributed by atoms with Crippen LogP contribution < -0.4 is 0 Å². The summed E-state index contributed by atoms with van der Waals surface area (Å²) in [7, 11) is -9.96. The van der Waals surface area contributed by atoms with Crippen molar-refractivity contribution in [2.24, 2.45) is 0 Å². The Morgan fingerprint density at radius 3 is 0.816 bits per heavy atom. The van der Waals surface area contributed by atoms with Gasteiger partial charge in [0.05, 0.1) is 26.4 Å². The predicted molar refractivity (Wildman–Crippen MR) is 399 cm³/mol. The Morgan fingerprint density at radius 1 is 0.296 bits per heavy atom. The zero-order valence-corrected chi connectivity index (χ0v) is 63.2. The van der Waals surface area contributed by atoms with E-state index in [0.29, 0.717) is 25.7 Å². The molecule has 0 heterocycles. The first kappa shape index (κ1) is 93.7. The van der Waals surface area contributed by atoms with Gasteiger partial charge in [-0.25, -0.2) is 9.13 Å². The van der Waals surface area contributed by atoms with Crippen LogP contribution in [0.2, 0.25) is 0 Å². The molecule has 0 aliphatic rings. The van der Waals surface area contributed by atoms with Gasteiger partial charge in [0, 0.05) is 25.7 Å². The molecule has 0 radical (unpaired) electrons. The smallest absolute Gasteiger partial charge is 0.462 e. The topological polar surface area (TPSA) is 237 Å². The number of allylic oxidation sites excluding steroid dienone is 18. The van der Waals surface area contributed by atoms with Crippen molar-refractivity contribution in [3.8, 4) is 0 Å². The number of esters is 4. The third-order valence-corrected chi connectivity index (χ3v) is 17.6. The summed E-state index contributed by atoms with van der Waals surface area (Å²) >= 11 is 0. The molecule has 0 rings (SSSR count). The molecule has 3 N–H and O–H groups in total. The maximum absolute atomic E-state index is 13.1. The number of ether oxygens (including phenoxy) is 4. The largest absolute Gasteiger partial charge is 0.472 e. The van der Waals surface area contributed by atoms with Crippen LogP contribution in [0.5, 0.6) is 0 Å². The molecule has 5 unspecified atom stereocenters. The predicted octanol–water partition coefficient (Wildman–Crippen LogP) is 21.8. The number of rotatable bonds is 71. The second-order valence-electron chi connectivity index (χ2n) is 25.2. The fourth-order valence-electron chi connectivity index (χ4n) is 10.0. The molecule has 0 aromatic heterocycles. The molecule has 0 saturated heterocycles. The molecule has 0 fully saturated rings. The Bertz CT molecular complexity index is 2290. The summed E-state index contributed by atoms with van der Waals surface area (Å²) in [5.41, 5.74) is 0. The van der Waals surface area contributed by atoms with Crippen LogP contribution in [0.25, 0.3) is 0 Å². The fourth-order valence-corrected chi connectivity index (χ4v) is 11.6. The number of aliphatic hydroxyl groups excluding tert-OH is 1. The minimum absolute atomic E-state index is 0.0722. The number of carbonyl (C=O) groups is 4. The molecule has 0 aromatic carbocycles. The highest BCUT2D eigenvalue weighted by Gasteiger charge is 2.30. The number of hydrogen-bond donors (Lipinski definition) is 3. The van der Waals surface area contributed by atoms with Gasteiger partial charge in [-0.15, -0.1) is 0 Å². The lowest BCUT2D eigenvalue weighted by Crippen LogP contribution is -2.30. The van der Waals surface area contributed by atoms with E-state index in [1.807, 2.05) is 0 Å². The van der Waals surface area contributed by atoms with Crippen molar-refractivity contribution >= 4 is 39.5 Å². The zero-order chi connectivity index (χ0) is 71.8. The second kappa shape index (κ2) is 71.1. The summed E-state index contributed by atoms with van der Waals surface area (Å²) in [5.74, 6) is -2.21.